The number of halogens is 1. The molecule has 0 fully saturated rings. The predicted molar refractivity (Wildman–Crippen MR) is 131 cm³/mol. The van der Waals surface area contributed by atoms with Gasteiger partial charge in [-0.2, -0.15) is 0 Å². The number of carbonyl (C=O) groups is 1. The number of aryl methyl sites for hydroxylation is 1. The van der Waals surface area contributed by atoms with E-state index in [0.29, 0.717) is 23.1 Å². The predicted octanol–water partition coefficient (Wildman–Crippen LogP) is 7.73. The number of carbonyl (C=O) groups excluding carboxylic acids is 1. The van der Waals surface area contributed by atoms with Crippen LogP contribution in [0.2, 0.25) is 0 Å². The van der Waals surface area contributed by atoms with E-state index in [4.69, 9.17) is 9.15 Å². The van der Waals surface area contributed by atoms with Gasteiger partial charge in [0.15, 0.2) is 5.43 Å². The minimum atomic E-state index is -0.230. The fraction of sp³-hybridized carbons (Fsp3) is 0.615. The van der Waals surface area contributed by atoms with Gasteiger partial charge in [-0.25, -0.2) is 0 Å². The first kappa shape index (κ1) is 25.6. The van der Waals surface area contributed by atoms with Crippen LogP contribution < -0.4 is 10.2 Å². The molecular weight excluding hydrogens is 456 g/mol. The molecule has 0 spiro atoms. The Kier molecular flexibility index (Phi) is 12.6. The minimum absolute atomic E-state index is 0.0165. The second-order valence-corrected chi connectivity index (χ2v) is 9.09. The summed E-state index contributed by atoms with van der Waals surface area (Å²) in [6.07, 6.45) is 16.6. The number of unbranched alkanes of at least 4 members (excludes halogenated alkanes) is 10. The van der Waals surface area contributed by atoms with Crippen molar-refractivity contribution in [2.24, 2.45) is 0 Å². The van der Waals surface area contributed by atoms with E-state index >= 15 is 0 Å². The van der Waals surface area contributed by atoms with E-state index in [2.05, 4.69) is 22.9 Å². The smallest absolute Gasteiger partial charge is 0.311 e. The Hall–Kier alpha value is -1.62. The average Bonchev–Trinajstić information content (AvgIpc) is 2.77. The van der Waals surface area contributed by atoms with Crippen LogP contribution in [0.3, 0.4) is 0 Å². The molecule has 0 N–H and O–H groups in total. The highest BCUT2D eigenvalue weighted by Crippen LogP contribution is 2.21. The van der Waals surface area contributed by atoms with E-state index in [-0.39, 0.29) is 11.4 Å². The van der Waals surface area contributed by atoms with Crippen LogP contribution in [-0.4, -0.2) is 11.3 Å². The Balaban J connectivity index is 1.75. The van der Waals surface area contributed by atoms with Crippen molar-refractivity contribution in [3.63, 3.8) is 0 Å². The number of hydrogen-bond donors (Lipinski definition) is 0. The number of rotatable bonds is 16. The van der Waals surface area contributed by atoms with E-state index in [1.165, 1.54) is 51.4 Å². The van der Waals surface area contributed by atoms with Crippen LogP contribution in [0.1, 0.15) is 96.0 Å². The van der Waals surface area contributed by atoms with Crippen LogP contribution in [-0.2, 0) is 11.2 Å². The summed E-state index contributed by atoms with van der Waals surface area (Å²) in [4.78, 5) is 24.8. The summed E-state index contributed by atoms with van der Waals surface area (Å²) in [6.45, 7) is 2.17. The summed E-state index contributed by atoms with van der Waals surface area (Å²) < 4.78 is 11.1. The highest BCUT2D eigenvalue weighted by molar-refractivity contribution is 9.09. The third kappa shape index (κ3) is 9.59. The molecule has 0 radical (unpaired) electrons. The standard InChI is InChI=1S/C26H37BrO4/c1-2-3-4-11-14-21-20-30-24-19-22(16-17-23(24)26(21)29)31-25(28)15-12-9-7-5-6-8-10-13-18-27/h16-17,19-20H,2-15,18H2,1H3. The van der Waals surface area contributed by atoms with Gasteiger partial charge in [0.05, 0.1) is 11.6 Å². The third-order valence-electron chi connectivity index (χ3n) is 5.61. The van der Waals surface area contributed by atoms with E-state index in [0.717, 1.165) is 43.0 Å². The van der Waals surface area contributed by atoms with Crippen molar-refractivity contribution >= 4 is 32.9 Å². The molecule has 0 aliphatic carbocycles. The van der Waals surface area contributed by atoms with Gasteiger partial charge in [-0.15, -0.1) is 0 Å². The van der Waals surface area contributed by atoms with Gasteiger partial charge >= 0.3 is 5.97 Å². The zero-order valence-electron chi connectivity index (χ0n) is 18.9. The zero-order chi connectivity index (χ0) is 22.3. The lowest BCUT2D eigenvalue weighted by molar-refractivity contribution is -0.134. The van der Waals surface area contributed by atoms with E-state index in [1.54, 1.807) is 24.5 Å². The lowest BCUT2D eigenvalue weighted by atomic mass is 10.1. The van der Waals surface area contributed by atoms with Gasteiger partial charge in [0, 0.05) is 23.4 Å². The van der Waals surface area contributed by atoms with Crippen molar-refractivity contribution < 1.29 is 13.9 Å². The number of alkyl halides is 1. The van der Waals surface area contributed by atoms with E-state index in [1.807, 2.05) is 0 Å². The van der Waals surface area contributed by atoms with Gasteiger partial charge in [-0.05, 0) is 37.8 Å². The largest absolute Gasteiger partial charge is 0.464 e. The summed E-state index contributed by atoms with van der Waals surface area (Å²) in [5, 5.41) is 1.64. The van der Waals surface area contributed by atoms with Gasteiger partial charge < -0.3 is 9.15 Å². The van der Waals surface area contributed by atoms with Gasteiger partial charge in [0.1, 0.15) is 11.3 Å². The number of esters is 1. The molecule has 5 heteroatoms. The van der Waals surface area contributed by atoms with Crippen LogP contribution in [0.15, 0.2) is 33.7 Å². The van der Waals surface area contributed by atoms with Crippen molar-refractivity contribution in [2.75, 3.05) is 5.33 Å². The van der Waals surface area contributed by atoms with Crippen molar-refractivity contribution in [3.05, 3.63) is 40.2 Å². The van der Waals surface area contributed by atoms with Crippen molar-refractivity contribution in [3.8, 4) is 5.75 Å². The Morgan fingerprint density at radius 3 is 2.32 bits per heavy atom. The Morgan fingerprint density at radius 2 is 1.61 bits per heavy atom. The molecule has 1 aromatic heterocycles. The number of fused-ring (bicyclic) bond motifs is 1. The molecule has 0 bridgehead atoms. The number of benzene rings is 1. The molecule has 0 aliphatic heterocycles. The monoisotopic (exact) mass is 492 g/mol. The summed E-state index contributed by atoms with van der Waals surface area (Å²) in [6, 6.07) is 5.03. The number of ether oxygens (including phenoxy) is 1. The summed E-state index contributed by atoms with van der Waals surface area (Å²) in [5.74, 6) is 0.203. The molecule has 1 heterocycles. The second-order valence-electron chi connectivity index (χ2n) is 8.30. The maximum atomic E-state index is 12.7. The van der Waals surface area contributed by atoms with Crippen LogP contribution in [0.5, 0.6) is 5.75 Å². The topological polar surface area (TPSA) is 56.5 Å². The molecule has 0 atom stereocenters. The van der Waals surface area contributed by atoms with Gasteiger partial charge in [0.2, 0.25) is 0 Å². The highest BCUT2D eigenvalue weighted by Gasteiger charge is 2.10. The fourth-order valence-corrected chi connectivity index (χ4v) is 4.13. The van der Waals surface area contributed by atoms with E-state index < -0.39 is 0 Å². The highest BCUT2D eigenvalue weighted by atomic mass is 79.9. The quantitative estimate of drug-likeness (QED) is 0.104. The molecule has 2 aromatic rings. The minimum Gasteiger partial charge on any atom is -0.464 e. The Bertz CT molecular complexity index is 843. The Labute approximate surface area is 194 Å². The number of hydrogen-bond acceptors (Lipinski definition) is 4. The van der Waals surface area contributed by atoms with Crippen LogP contribution in [0.25, 0.3) is 11.0 Å². The molecule has 0 unspecified atom stereocenters. The molecule has 4 nitrogen and oxygen atoms in total. The first-order valence-electron chi connectivity index (χ1n) is 12.0. The molecule has 0 saturated heterocycles. The third-order valence-corrected chi connectivity index (χ3v) is 6.17. The first-order valence-corrected chi connectivity index (χ1v) is 13.1. The Morgan fingerprint density at radius 1 is 0.935 bits per heavy atom. The summed E-state index contributed by atoms with van der Waals surface area (Å²) >= 11 is 3.46. The van der Waals surface area contributed by atoms with Gasteiger partial charge in [-0.3, -0.25) is 9.59 Å². The molecule has 0 saturated carbocycles. The molecule has 0 amide bonds. The van der Waals surface area contributed by atoms with Crippen molar-refractivity contribution in [1.82, 2.24) is 0 Å². The normalized spacial score (nSPS) is 11.2. The van der Waals surface area contributed by atoms with E-state index in [9.17, 15) is 9.59 Å². The fourth-order valence-electron chi connectivity index (χ4n) is 3.73. The molecule has 172 valence electrons. The van der Waals surface area contributed by atoms with Gasteiger partial charge in [-0.1, -0.05) is 80.6 Å². The maximum absolute atomic E-state index is 12.7. The van der Waals surface area contributed by atoms with Gasteiger partial charge in [0.25, 0.3) is 0 Å². The lowest BCUT2D eigenvalue weighted by Gasteiger charge is -2.07. The molecule has 2 rings (SSSR count). The summed E-state index contributed by atoms with van der Waals surface area (Å²) in [5.41, 5.74) is 1.20. The van der Waals surface area contributed by atoms with Crippen LogP contribution >= 0.6 is 15.9 Å². The van der Waals surface area contributed by atoms with Crippen LogP contribution in [0, 0.1) is 0 Å². The zero-order valence-corrected chi connectivity index (χ0v) is 20.5. The summed E-state index contributed by atoms with van der Waals surface area (Å²) in [7, 11) is 0. The average molecular weight is 493 g/mol. The molecular formula is C26H37BrO4. The van der Waals surface area contributed by atoms with Crippen molar-refractivity contribution in [1.29, 1.82) is 0 Å². The first-order chi connectivity index (χ1) is 15.2. The van der Waals surface area contributed by atoms with Crippen LogP contribution in [0.4, 0.5) is 0 Å². The molecule has 1 aromatic carbocycles. The molecule has 0 aliphatic rings. The SMILES string of the molecule is CCCCCCc1coc2cc(OC(=O)CCCCCCCCCCBr)ccc2c1=O. The van der Waals surface area contributed by atoms with Crippen molar-refractivity contribution in [2.45, 2.75) is 96.8 Å². The second kappa shape index (κ2) is 15.2. The molecule has 31 heavy (non-hydrogen) atoms. The maximum Gasteiger partial charge on any atom is 0.311 e. The lowest BCUT2D eigenvalue weighted by Crippen LogP contribution is -2.10.